The second-order valence-corrected chi connectivity index (χ2v) is 10.3. The molecule has 7 rings (SSSR count). The zero-order valence-corrected chi connectivity index (χ0v) is 22.0. The van der Waals surface area contributed by atoms with Gasteiger partial charge in [-0.1, -0.05) is 10.6 Å². The molecule has 0 aliphatic heterocycles. The van der Waals surface area contributed by atoms with Gasteiger partial charge in [-0.3, -0.25) is 0 Å². The predicted octanol–water partition coefficient (Wildman–Crippen LogP) is 4.61. The Labute approximate surface area is 231 Å². The largest absolute Gasteiger partial charge is 0.249 e. The Morgan fingerprint density at radius 1 is 0.641 bits per heavy atom. The molecule has 0 unspecified atom stereocenters. The van der Waals surface area contributed by atoms with Gasteiger partial charge in [-0.2, -0.15) is 5.10 Å². The Morgan fingerprint density at radius 2 is 1.59 bits per heavy atom. The van der Waals surface area contributed by atoms with Crippen LogP contribution in [-0.4, -0.2) is 59.7 Å². The molecule has 12 nitrogen and oxygen atoms in total. The highest BCUT2D eigenvalue weighted by atomic mass is 32.1. The highest BCUT2D eigenvalue weighted by Crippen LogP contribution is 2.38. The summed E-state index contributed by atoms with van der Waals surface area (Å²) >= 11 is 4.22. The smallest absolute Gasteiger partial charge is 0.182 e. The minimum Gasteiger partial charge on any atom is -0.249 e. The van der Waals surface area contributed by atoms with Crippen LogP contribution in [0.2, 0.25) is 0 Å². The van der Waals surface area contributed by atoms with E-state index in [2.05, 4.69) is 44.7 Å². The SMILES string of the molecule is c1cnnc(-c2ccnc(-c3snnc3-c3csc(-c4ncc(-c5ncncn5)nc4-c4cccs4)n3)n2)c1. The molecule has 0 amide bonds. The zero-order valence-electron chi connectivity index (χ0n) is 19.5. The van der Waals surface area contributed by atoms with Crippen molar-refractivity contribution in [3.63, 3.8) is 0 Å². The summed E-state index contributed by atoms with van der Waals surface area (Å²) < 4.78 is 4.17. The van der Waals surface area contributed by atoms with Crippen molar-refractivity contribution in [3.8, 4) is 66.3 Å². The third-order valence-corrected chi connectivity index (χ3v) is 7.83. The van der Waals surface area contributed by atoms with E-state index in [0.717, 1.165) is 4.88 Å². The van der Waals surface area contributed by atoms with Gasteiger partial charge in [0.05, 0.1) is 16.8 Å². The molecule has 0 bridgehead atoms. The van der Waals surface area contributed by atoms with Gasteiger partial charge in [0.2, 0.25) is 0 Å². The second kappa shape index (κ2) is 10.1. The van der Waals surface area contributed by atoms with Crippen LogP contribution >= 0.6 is 34.2 Å². The lowest BCUT2D eigenvalue weighted by atomic mass is 10.2. The Bertz CT molecular complexity index is 1870. The van der Waals surface area contributed by atoms with Crippen molar-refractivity contribution in [1.82, 2.24) is 59.7 Å². The number of hydrogen-bond donors (Lipinski definition) is 0. The molecule has 7 heterocycles. The van der Waals surface area contributed by atoms with Crippen LogP contribution in [0.4, 0.5) is 0 Å². The molecular weight excluding hydrogens is 553 g/mol. The van der Waals surface area contributed by atoms with E-state index in [0.29, 0.717) is 61.4 Å². The first-order chi connectivity index (χ1) is 19.3. The Kier molecular flexibility index (Phi) is 6.04. The summed E-state index contributed by atoms with van der Waals surface area (Å²) in [5.74, 6) is 0.932. The van der Waals surface area contributed by atoms with Gasteiger partial charge in [-0.15, -0.1) is 32.9 Å². The number of thiazole rings is 1. The standard InChI is InChI=1S/C24H12N12S3/c1-3-14(34-30-6-1)13-5-7-26-23(32-13)21-18(35-36-39-21)16-10-38-24(33-16)20-19(17-4-2-8-37-17)31-15(9-27-20)22-28-11-25-12-29-22/h1-12H. The van der Waals surface area contributed by atoms with Crippen molar-refractivity contribution in [2.24, 2.45) is 0 Å². The van der Waals surface area contributed by atoms with E-state index in [1.165, 1.54) is 35.5 Å². The molecule has 0 aromatic carbocycles. The summed E-state index contributed by atoms with van der Waals surface area (Å²) in [6.45, 7) is 0. The maximum Gasteiger partial charge on any atom is 0.182 e. The van der Waals surface area contributed by atoms with Crippen LogP contribution in [0.3, 0.4) is 0 Å². The molecule has 0 N–H and O–H groups in total. The summed E-state index contributed by atoms with van der Waals surface area (Å²) in [5, 5.41) is 17.0. The maximum absolute atomic E-state index is 4.87. The molecule has 0 spiro atoms. The lowest BCUT2D eigenvalue weighted by Crippen LogP contribution is -1.98. The van der Waals surface area contributed by atoms with E-state index in [-0.39, 0.29) is 0 Å². The van der Waals surface area contributed by atoms with Gasteiger partial charge >= 0.3 is 0 Å². The normalized spacial score (nSPS) is 11.1. The Balaban J connectivity index is 1.27. The number of nitrogens with zero attached hydrogens (tertiary/aromatic N) is 12. The van der Waals surface area contributed by atoms with Gasteiger partial charge in [-0.25, -0.2) is 39.9 Å². The fraction of sp³-hybridized carbons (Fsp3) is 0. The second-order valence-electron chi connectivity index (χ2n) is 7.75. The van der Waals surface area contributed by atoms with Gasteiger partial charge in [0.1, 0.15) is 56.7 Å². The van der Waals surface area contributed by atoms with Crippen molar-refractivity contribution in [3.05, 3.63) is 72.3 Å². The third-order valence-electron chi connectivity index (χ3n) is 5.38. The van der Waals surface area contributed by atoms with Gasteiger partial charge < -0.3 is 0 Å². The molecule has 15 heteroatoms. The molecule has 0 aliphatic carbocycles. The maximum atomic E-state index is 4.87. The molecule has 0 fully saturated rings. The molecule has 7 aromatic heterocycles. The summed E-state index contributed by atoms with van der Waals surface area (Å²) in [4.78, 5) is 37.5. The first-order valence-electron chi connectivity index (χ1n) is 11.3. The van der Waals surface area contributed by atoms with E-state index in [4.69, 9.17) is 15.0 Å². The molecule has 0 aliphatic rings. The summed E-state index contributed by atoms with van der Waals surface area (Å²) in [5.41, 5.74) is 4.43. The molecule has 39 heavy (non-hydrogen) atoms. The molecule has 0 atom stereocenters. The number of hydrogen-bond acceptors (Lipinski definition) is 15. The topological polar surface area (TPSA) is 155 Å². The van der Waals surface area contributed by atoms with Crippen LogP contribution in [-0.2, 0) is 0 Å². The van der Waals surface area contributed by atoms with Gasteiger partial charge in [0, 0.05) is 17.8 Å². The minimum atomic E-state index is 0.448. The van der Waals surface area contributed by atoms with E-state index < -0.39 is 0 Å². The van der Waals surface area contributed by atoms with E-state index in [9.17, 15) is 0 Å². The molecule has 0 saturated carbocycles. The number of thiophene rings is 1. The molecule has 186 valence electrons. The van der Waals surface area contributed by atoms with Crippen LogP contribution in [0.15, 0.2) is 72.3 Å². The van der Waals surface area contributed by atoms with Crippen LogP contribution in [0, 0.1) is 0 Å². The van der Waals surface area contributed by atoms with Crippen molar-refractivity contribution in [1.29, 1.82) is 0 Å². The zero-order chi connectivity index (χ0) is 26.0. The third kappa shape index (κ3) is 4.54. The molecular formula is C24H12N12S3. The molecule has 0 saturated heterocycles. The lowest BCUT2D eigenvalue weighted by Gasteiger charge is -2.06. The van der Waals surface area contributed by atoms with Crippen molar-refractivity contribution >= 4 is 34.2 Å². The van der Waals surface area contributed by atoms with E-state index >= 15 is 0 Å². The monoisotopic (exact) mass is 564 g/mol. The van der Waals surface area contributed by atoms with Crippen molar-refractivity contribution in [2.75, 3.05) is 0 Å². The van der Waals surface area contributed by atoms with Crippen LogP contribution in [0.25, 0.3) is 66.3 Å². The fourth-order valence-corrected chi connectivity index (χ4v) is 5.79. The first-order valence-corrected chi connectivity index (χ1v) is 13.8. The fourth-order valence-electron chi connectivity index (χ4n) is 3.66. The van der Waals surface area contributed by atoms with Crippen LogP contribution < -0.4 is 0 Å². The van der Waals surface area contributed by atoms with Crippen molar-refractivity contribution < 1.29 is 0 Å². The minimum absolute atomic E-state index is 0.448. The summed E-state index contributed by atoms with van der Waals surface area (Å²) in [6.07, 6.45) is 7.80. The van der Waals surface area contributed by atoms with E-state index in [1.54, 1.807) is 36.0 Å². The van der Waals surface area contributed by atoms with Crippen LogP contribution in [0.1, 0.15) is 0 Å². The Morgan fingerprint density at radius 3 is 2.44 bits per heavy atom. The average molecular weight is 565 g/mol. The summed E-state index contributed by atoms with van der Waals surface area (Å²) in [6, 6.07) is 9.40. The highest BCUT2D eigenvalue weighted by Gasteiger charge is 2.22. The van der Waals surface area contributed by atoms with E-state index in [1.807, 2.05) is 35.0 Å². The van der Waals surface area contributed by atoms with Crippen LogP contribution in [0.5, 0.6) is 0 Å². The van der Waals surface area contributed by atoms with Gasteiger partial charge in [0.15, 0.2) is 11.6 Å². The highest BCUT2D eigenvalue weighted by molar-refractivity contribution is 7.14. The quantitative estimate of drug-likeness (QED) is 0.277. The lowest BCUT2D eigenvalue weighted by molar-refractivity contribution is 1.02. The number of aromatic nitrogens is 12. The molecule has 0 radical (unpaired) electrons. The van der Waals surface area contributed by atoms with Gasteiger partial charge in [0.25, 0.3) is 0 Å². The summed E-state index contributed by atoms with van der Waals surface area (Å²) in [7, 11) is 0. The van der Waals surface area contributed by atoms with Crippen molar-refractivity contribution in [2.45, 2.75) is 0 Å². The van der Waals surface area contributed by atoms with Gasteiger partial charge in [-0.05, 0) is 41.2 Å². The Hall–Kier alpha value is -4.86. The predicted molar refractivity (Wildman–Crippen MR) is 146 cm³/mol. The first kappa shape index (κ1) is 23.3. The number of rotatable bonds is 6. The average Bonchev–Trinajstić information content (AvgIpc) is 3.80. The molecule has 7 aromatic rings.